The van der Waals surface area contributed by atoms with E-state index in [9.17, 15) is 14.7 Å². The molecule has 3 aromatic carbocycles. The number of nitrogens with zero attached hydrogens (tertiary/aromatic N) is 1. The van der Waals surface area contributed by atoms with Crippen LogP contribution in [0, 0.1) is 0 Å². The van der Waals surface area contributed by atoms with Gasteiger partial charge in [0.25, 0.3) is 11.7 Å². The highest BCUT2D eigenvalue weighted by Crippen LogP contribution is 2.40. The lowest BCUT2D eigenvalue weighted by Crippen LogP contribution is -2.31. The Bertz CT molecular complexity index is 1300. The molecule has 0 spiro atoms. The summed E-state index contributed by atoms with van der Waals surface area (Å²) in [5, 5.41) is 11.5. The minimum absolute atomic E-state index is 0.0837. The van der Waals surface area contributed by atoms with E-state index in [1.165, 1.54) is 0 Å². The first-order chi connectivity index (χ1) is 19.5. The predicted molar refractivity (Wildman–Crippen MR) is 157 cm³/mol. The van der Waals surface area contributed by atoms with Crippen molar-refractivity contribution in [2.75, 3.05) is 19.8 Å². The van der Waals surface area contributed by atoms with Crippen molar-refractivity contribution in [3.8, 4) is 11.5 Å². The van der Waals surface area contributed by atoms with Crippen LogP contribution in [0.4, 0.5) is 0 Å². The number of likely N-dealkylation sites (tertiary alicyclic amines) is 1. The quantitative estimate of drug-likeness (QED) is 0.102. The Morgan fingerprint density at radius 1 is 0.800 bits per heavy atom. The highest BCUT2D eigenvalue weighted by molar-refractivity contribution is 6.46. The lowest BCUT2D eigenvalue weighted by atomic mass is 9.95. The number of carbonyl (C=O) groups excluding carboxylic acids is 2. The number of ketones is 1. The first-order valence-electron chi connectivity index (χ1n) is 14.3. The van der Waals surface area contributed by atoms with Crippen LogP contribution in [0.3, 0.4) is 0 Å². The zero-order valence-electron chi connectivity index (χ0n) is 23.5. The number of Topliss-reactive ketones (excluding diaryl/α,β-unsaturated/α-hetero) is 1. The molecular formula is C34H39NO5. The maximum atomic E-state index is 13.4. The number of benzene rings is 3. The minimum Gasteiger partial charge on any atom is -0.507 e. The molecule has 1 saturated heterocycles. The molecule has 6 heteroatoms. The third-order valence-corrected chi connectivity index (χ3v) is 7.11. The second-order valence-electron chi connectivity index (χ2n) is 10.1. The summed E-state index contributed by atoms with van der Waals surface area (Å²) in [6, 6.07) is 23.6. The zero-order valence-corrected chi connectivity index (χ0v) is 23.5. The molecule has 0 radical (unpaired) electrons. The van der Waals surface area contributed by atoms with Gasteiger partial charge < -0.3 is 19.5 Å². The van der Waals surface area contributed by atoms with Crippen LogP contribution in [0.15, 0.2) is 84.4 Å². The number of aliphatic hydroxyl groups is 1. The van der Waals surface area contributed by atoms with Gasteiger partial charge in [-0.25, -0.2) is 0 Å². The van der Waals surface area contributed by atoms with Crippen LogP contribution in [0.5, 0.6) is 11.5 Å². The molecule has 210 valence electrons. The van der Waals surface area contributed by atoms with E-state index in [-0.39, 0.29) is 11.3 Å². The van der Waals surface area contributed by atoms with Gasteiger partial charge in [-0.3, -0.25) is 9.59 Å². The predicted octanol–water partition coefficient (Wildman–Crippen LogP) is 7.10. The third-order valence-electron chi connectivity index (χ3n) is 7.11. The van der Waals surface area contributed by atoms with Crippen molar-refractivity contribution in [3.63, 3.8) is 0 Å². The Hall–Kier alpha value is -4.06. The fourth-order valence-corrected chi connectivity index (χ4v) is 4.86. The molecular weight excluding hydrogens is 502 g/mol. The fourth-order valence-electron chi connectivity index (χ4n) is 4.86. The van der Waals surface area contributed by atoms with Crippen molar-refractivity contribution < 1.29 is 24.2 Å². The number of carbonyl (C=O) groups is 2. The van der Waals surface area contributed by atoms with E-state index in [4.69, 9.17) is 9.47 Å². The number of rotatable bonds is 14. The molecule has 0 aliphatic carbocycles. The molecule has 0 saturated carbocycles. The molecule has 40 heavy (non-hydrogen) atoms. The van der Waals surface area contributed by atoms with Crippen LogP contribution < -0.4 is 9.47 Å². The van der Waals surface area contributed by atoms with Gasteiger partial charge in [-0.2, -0.15) is 0 Å². The number of amides is 1. The van der Waals surface area contributed by atoms with Gasteiger partial charge in [-0.1, -0.05) is 87.7 Å². The number of ether oxygens (including phenoxy) is 2. The van der Waals surface area contributed by atoms with Crippen LogP contribution >= 0.6 is 0 Å². The largest absolute Gasteiger partial charge is 0.507 e. The SMILES string of the molecule is CCCCCOc1ccc(C2C(=C(O)c3cccc(OCCCC)c3)C(=O)C(=O)N2CCc2ccccc2)cc1. The Labute approximate surface area is 237 Å². The van der Waals surface area contributed by atoms with Gasteiger partial charge in [0.1, 0.15) is 17.3 Å². The molecule has 1 fully saturated rings. The maximum absolute atomic E-state index is 13.4. The lowest BCUT2D eigenvalue weighted by Gasteiger charge is -2.25. The summed E-state index contributed by atoms with van der Waals surface area (Å²) < 4.78 is 11.7. The topological polar surface area (TPSA) is 76.1 Å². The Morgan fingerprint density at radius 2 is 1.50 bits per heavy atom. The summed E-state index contributed by atoms with van der Waals surface area (Å²) in [5.74, 6) is -0.160. The average Bonchev–Trinajstić information content (AvgIpc) is 3.24. The van der Waals surface area contributed by atoms with Crippen molar-refractivity contribution >= 4 is 17.4 Å². The molecule has 1 aliphatic rings. The monoisotopic (exact) mass is 541 g/mol. The van der Waals surface area contributed by atoms with Gasteiger partial charge >= 0.3 is 0 Å². The van der Waals surface area contributed by atoms with E-state index in [2.05, 4.69) is 13.8 Å². The van der Waals surface area contributed by atoms with Gasteiger partial charge in [-0.05, 0) is 54.7 Å². The van der Waals surface area contributed by atoms with Crippen molar-refractivity contribution in [1.82, 2.24) is 4.90 Å². The second-order valence-corrected chi connectivity index (χ2v) is 10.1. The van der Waals surface area contributed by atoms with Crippen LogP contribution in [-0.2, 0) is 16.0 Å². The first-order valence-corrected chi connectivity index (χ1v) is 14.3. The van der Waals surface area contributed by atoms with Gasteiger partial charge in [0.05, 0.1) is 24.8 Å². The second kappa shape index (κ2) is 14.4. The molecule has 1 aliphatic heterocycles. The minimum atomic E-state index is -0.720. The highest BCUT2D eigenvalue weighted by Gasteiger charge is 2.45. The van der Waals surface area contributed by atoms with Crippen molar-refractivity contribution in [2.45, 2.75) is 58.4 Å². The number of hydrogen-bond donors (Lipinski definition) is 1. The summed E-state index contributed by atoms with van der Waals surface area (Å²) in [5.41, 5.74) is 2.33. The van der Waals surface area contributed by atoms with E-state index in [1.807, 2.05) is 60.7 Å². The summed E-state index contributed by atoms with van der Waals surface area (Å²) in [4.78, 5) is 28.3. The molecule has 3 aromatic rings. The number of unbranched alkanes of at least 4 members (excludes halogenated alkanes) is 3. The molecule has 1 amide bonds. The van der Waals surface area contributed by atoms with E-state index in [1.54, 1.807) is 23.1 Å². The molecule has 0 bridgehead atoms. The molecule has 1 heterocycles. The summed E-state index contributed by atoms with van der Waals surface area (Å²) in [6.45, 7) is 5.79. The van der Waals surface area contributed by atoms with Gasteiger partial charge in [0.15, 0.2) is 0 Å². The number of aliphatic hydroxyl groups excluding tert-OH is 1. The standard InChI is InChI=1S/C34H39NO5/c1-3-5-10-23-39-28-18-16-26(17-19-28)31-30(32(36)27-14-11-15-29(24-27)40-22-6-4-2)33(37)34(38)35(31)21-20-25-12-8-7-9-13-25/h7-9,11-19,24,31,36H,3-6,10,20-23H2,1-2H3. The highest BCUT2D eigenvalue weighted by atomic mass is 16.5. The summed E-state index contributed by atoms with van der Waals surface area (Å²) >= 11 is 0. The van der Waals surface area contributed by atoms with Crippen LogP contribution in [0.1, 0.15) is 68.7 Å². The summed E-state index contributed by atoms with van der Waals surface area (Å²) in [7, 11) is 0. The Morgan fingerprint density at radius 3 is 2.23 bits per heavy atom. The summed E-state index contributed by atoms with van der Waals surface area (Å²) in [6.07, 6.45) is 5.73. The fraction of sp³-hybridized carbons (Fsp3) is 0.353. The lowest BCUT2D eigenvalue weighted by molar-refractivity contribution is -0.139. The molecule has 1 unspecified atom stereocenters. The normalized spacial score (nSPS) is 16.4. The van der Waals surface area contributed by atoms with Crippen molar-refractivity contribution in [1.29, 1.82) is 0 Å². The molecule has 4 rings (SSSR count). The Balaban J connectivity index is 1.67. The Kier molecular flexibility index (Phi) is 10.4. The third kappa shape index (κ3) is 7.12. The average molecular weight is 542 g/mol. The maximum Gasteiger partial charge on any atom is 0.295 e. The molecule has 1 atom stereocenters. The molecule has 1 N–H and O–H groups in total. The zero-order chi connectivity index (χ0) is 28.3. The van der Waals surface area contributed by atoms with E-state index < -0.39 is 17.7 Å². The number of hydrogen-bond acceptors (Lipinski definition) is 5. The van der Waals surface area contributed by atoms with Crippen molar-refractivity contribution in [3.05, 3.63) is 101 Å². The smallest absolute Gasteiger partial charge is 0.295 e. The van der Waals surface area contributed by atoms with E-state index in [0.717, 1.165) is 49.0 Å². The van der Waals surface area contributed by atoms with Crippen LogP contribution in [0.2, 0.25) is 0 Å². The van der Waals surface area contributed by atoms with Gasteiger partial charge in [0, 0.05) is 12.1 Å². The van der Waals surface area contributed by atoms with Crippen molar-refractivity contribution in [2.24, 2.45) is 0 Å². The van der Waals surface area contributed by atoms with E-state index in [0.29, 0.717) is 37.5 Å². The van der Waals surface area contributed by atoms with Crippen LogP contribution in [-0.4, -0.2) is 41.5 Å². The first kappa shape index (κ1) is 28.9. The van der Waals surface area contributed by atoms with E-state index >= 15 is 0 Å². The van der Waals surface area contributed by atoms with Crippen LogP contribution in [0.25, 0.3) is 5.76 Å². The van der Waals surface area contributed by atoms with Gasteiger partial charge in [0.2, 0.25) is 0 Å². The molecule has 0 aromatic heterocycles. The van der Waals surface area contributed by atoms with Gasteiger partial charge in [-0.15, -0.1) is 0 Å². The molecule has 6 nitrogen and oxygen atoms in total.